The minimum Gasteiger partial charge on any atom is -0.457 e. The average molecular weight is 286 g/mol. The van der Waals surface area contributed by atoms with E-state index in [1.54, 1.807) is 11.0 Å². The van der Waals surface area contributed by atoms with E-state index in [0.717, 1.165) is 6.54 Å². The predicted molar refractivity (Wildman–Crippen MR) is 65.3 cm³/mol. The maximum atomic E-state index is 12.1. The molecule has 1 aliphatic carbocycles. The van der Waals surface area contributed by atoms with Crippen molar-refractivity contribution in [2.45, 2.75) is 25.7 Å². The third-order valence-corrected chi connectivity index (χ3v) is 3.82. The van der Waals surface area contributed by atoms with Gasteiger partial charge in [0, 0.05) is 13.6 Å². The molecular weight excluding hydrogens is 270 g/mol. The van der Waals surface area contributed by atoms with Gasteiger partial charge in [-0.3, -0.25) is 4.79 Å². The molecule has 4 heteroatoms. The quantitative estimate of drug-likeness (QED) is 0.854. The van der Waals surface area contributed by atoms with E-state index in [0.29, 0.717) is 16.2 Å². The van der Waals surface area contributed by atoms with Crippen LogP contribution in [-0.2, 0) is 0 Å². The monoisotopic (exact) mass is 285 g/mol. The molecule has 0 spiro atoms. The first kappa shape index (κ1) is 11.7. The highest BCUT2D eigenvalue weighted by molar-refractivity contribution is 9.10. The minimum atomic E-state index is 0.0347. The Kier molecular flexibility index (Phi) is 3.69. The molecule has 1 aromatic rings. The largest absolute Gasteiger partial charge is 0.457 e. The van der Waals surface area contributed by atoms with Crippen molar-refractivity contribution >= 4 is 21.8 Å². The second kappa shape index (κ2) is 5.04. The van der Waals surface area contributed by atoms with Gasteiger partial charge in [-0.25, -0.2) is 0 Å². The van der Waals surface area contributed by atoms with Gasteiger partial charge in [0.25, 0.3) is 5.91 Å². The summed E-state index contributed by atoms with van der Waals surface area (Å²) >= 11 is 3.23. The van der Waals surface area contributed by atoms with Crippen LogP contribution in [-0.4, -0.2) is 24.4 Å². The van der Waals surface area contributed by atoms with Gasteiger partial charge in [0.1, 0.15) is 0 Å². The molecule has 0 aliphatic heterocycles. The second-order valence-corrected chi connectivity index (χ2v) is 5.16. The first-order chi connectivity index (χ1) is 7.68. The summed E-state index contributed by atoms with van der Waals surface area (Å²) in [5.41, 5.74) is 0.612. The molecule has 0 bridgehead atoms. The number of halogens is 1. The van der Waals surface area contributed by atoms with Crippen LogP contribution in [0.1, 0.15) is 36.0 Å². The lowest BCUT2D eigenvalue weighted by Gasteiger charge is -2.20. The van der Waals surface area contributed by atoms with E-state index in [2.05, 4.69) is 15.9 Å². The molecule has 1 aromatic heterocycles. The molecule has 0 saturated heterocycles. The fourth-order valence-corrected chi connectivity index (χ4v) is 2.72. The molecule has 1 saturated carbocycles. The Bertz CT molecular complexity index is 369. The topological polar surface area (TPSA) is 33.5 Å². The molecule has 88 valence electrons. The van der Waals surface area contributed by atoms with Gasteiger partial charge in [0.15, 0.2) is 4.67 Å². The molecule has 2 rings (SSSR count). The maximum Gasteiger partial charge on any atom is 0.258 e. The van der Waals surface area contributed by atoms with Gasteiger partial charge in [-0.15, -0.1) is 0 Å². The normalized spacial score (nSPS) is 16.6. The van der Waals surface area contributed by atoms with Crippen LogP contribution in [0.3, 0.4) is 0 Å². The van der Waals surface area contributed by atoms with Crippen molar-refractivity contribution in [3.8, 4) is 0 Å². The summed E-state index contributed by atoms with van der Waals surface area (Å²) in [7, 11) is 1.86. The van der Waals surface area contributed by atoms with E-state index in [4.69, 9.17) is 4.42 Å². The van der Waals surface area contributed by atoms with E-state index in [-0.39, 0.29) is 5.91 Å². The summed E-state index contributed by atoms with van der Waals surface area (Å²) in [5, 5.41) is 0. The fraction of sp³-hybridized carbons (Fsp3) is 0.583. The summed E-state index contributed by atoms with van der Waals surface area (Å²) in [6.07, 6.45) is 6.65. The van der Waals surface area contributed by atoms with Gasteiger partial charge in [0.05, 0.1) is 11.8 Å². The average Bonchev–Trinajstić information content (AvgIpc) is 2.88. The molecule has 1 fully saturated rings. The van der Waals surface area contributed by atoms with E-state index in [1.165, 1.54) is 31.9 Å². The van der Waals surface area contributed by atoms with Crippen molar-refractivity contribution in [2.24, 2.45) is 5.92 Å². The molecule has 0 N–H and O–H groups in total. The molecule has 0 atom stereocenters. The van der Waals surface area contributed by atoms with Crippen molar-refractivity contribution in [3.63, 3.8) is 0 Å². The Morgan fingerprint density at radius 1 is 1.56 bits per heavy atom. The lowest BCUT2D eigenvalue weighted by Crippen LogP contribution is -2.31. The van der Waals surface area contributed by atoms with E-state index >= 15 is 0 Å². The summed E-state index contributed by atoms with van der Waals surface area (Å²) in [6.45, 7) is 0.858. The molecule has 0 unspecified atom stereocenters. The van der Waals surface area contributed by atoms with Crippen LogP contribution in [0, 0.1) is 5.92 Å². The Labute approximate surface area is 104 Å². The van der Waals surface area contributed by atoms with Crippen LogP contribution in [0.25, 0.3) is 0 Å². The van der Waals surface area contributed by atoms with Gasteiger partial charge in [-0.05, 0) is 40.8 Å². The number of hydrogen-bond acceptors (Lipinski definition) is 2. The van der Waals surface area contributed by atoms with Crippen LogP contribution in [0.2, 0.25) is 0 Å². The predicted octanol–water partition coefficient (Wildman–Crippen LogP) is 3.30. The van der Waals surface area contributed by atoms with Crippen molar-refractivity contribution in [1.29, 1.82) is 0 Å². The molecule has 1 amide bonds. The highest BCUT2D eigenvalue weighted by Crippen LogP contribution is 2.26. The summed E-state index contributed by atoms with van der Waals surface area (Å²) in [4.78, 5) is 13.8. The highest BCUT2D eigenvalue weighted by atomic mass is 79.9. The Morgan fingerprint density at radius 2 is 2.25 bits per heavy atom. The van der Waals surface area contributed by atoms with Crippen LogP contribution >= 0.6 is 15.9 Å². The summed E-state index contributed by atoms with van der Waals surface area (Å²) in [6, 6.07) is 1.71. The van der Waals surface area contributed by atoms with Gasteiger partial charge in [-0.2, -0.15) is 0 Å². The first-order valence-corrected chi connectivity index (χ1v) is 6.46. The molecule has 1 aliphatic rings. The molecule has 0 aromatic carbocycles. The van der Waals surface area contributed by atoms with Crippen LogP contribution in [0.4, 0.5) is 0 Å². The fourth-order valence-electron chi connectivity index (χ4n) is 2.31. The van der Waals surface area contributed by atoms with Crippen molar-refractivity contribution < 1.29 is 9.21 Å². The smallest absolute Gasteiger partial charge is 0.258 e. The Morgan fingerprint density at radius 3 is 2.81 bits per heavy atom. The summed E-state index contributed by atoms with van der Waals surface area (Å²) < 4.78 is 5.60. The Balaban J connectivity index is 1.96. The Hall–Kier alpha value is -0.770. The molecule has 1 heterocycles. The van der Waals surface area contributed by atoms with Crippen LogP contribution in [0.15, 0.2) is 21.4 Å². The molecule has 3 nitrogen and oxygen atoms in total. The zero-order chi connectivity index (χ0) is 11.5. The zero-order valence-corrected chi connectivity index (χ0v) is 11.0. The number of rotatable bonds is 3. The van der Waals surface area contributed by atoms with Crippen LogP contribution < -0.4 is 0 Å². The number of nitrogens with zero attached hydrogens (tertiary/aromatic N) is 1. The van der Waals surface area contributed by atoms with Gasteiger partial charge in [0.2, 0.25) is 0 Å². The van der Waals surface area contributed by atoms with Crippen molar-refractivity contribution in [1.82, 2.24) is 4.90 Å². The lowest BCUT2D eigenvalue weighted by molar-refractivity contribution is 0.0771. The maximum absolute atomic E-state index is 12.1. The minimum absolute atomic E-state index is 0.0347. The standard InChI is InChI=1S/C12H16BrNO2/c1-14(8-9-4-2-3-5-9)12(15)10-6-7-16-11(10)13/h6-7,9H,2-5,8H2,1H3. The van der Waals surface area contributed by atoms with Crippen molar-refractivity contribution in [3.05, 3.63) is 22.6 Å². The SMILES string of the molecule is CN(CC1CCCC1)C(=O)c1ccoc1Br. The van der Waals surface area contributed by atoms with E-state index in [9.17, 15) is 4.79 Å². The number of amides is 1. The van der Waals surface area contributed by atoms with Gasteiger partial charge >= 0.3 is 0 Å². The van der Waals surface area contributed by atoms with E-state index in [1.807, 2.05) is 7.05 Å². The third kappa shape index (κ3) is 2.48. The van der Waals surface area contributed by atoms with Gasteiger partial charge in [-0.1, -0.05) is 12.8 Å². The van der Waals surface area contributed by atoms with Crippen molar-refractivity contribution in [2.75, 3.05) is 13.6 Å². The number of carbonyl (C=O) groups excluding carboxylic acids is 1. The first-order valence-electron chi connectivity index (χ1n) is 5.67. The lowest BCUT2D eigenvalue weighted by atomic mass is 10.1. The number of furan rings is 1. The number of hydrogen-bond donors (Lipinski definition) is 0. The molecule has 0 radical (unpaired) electrons. The molecular formula is C12H16BrNO2. The third-order valence-electron chi connectivity index (χ3n) is 3.20. The van der Waals surface area contributed by atoms with Gasteiger partial charge < -0.3 is 9.32 Å². The number of carbonyl (C=O) groups is 1. The van der Waals surface area contributed by atoms with Crippen LogP contribution in [0.5, 0.6) is 0 Å². The second-order valence-electron chi connectivity index (χ2n) is 4.44. The van der Waals surface area contributed by atoms with E-state index < -0.39 is 0 Å². The molecule has 16 heavy (non-hydrogen) atoms. The zero-order valence-electron chi connectivity index (χ0n) is 9.41. The highest BCUT2D eigenvalue weighted by Gasteiger charge is 2.22. The summed E-state index contributed by atoms with van der Waals surface area (Å²) in [5.74, 6) is 0.715.